The van der Waals surface area contributed by atoms with Crippen LogP contribution >= 0.6 is 0 Å². The first-order chi connectivity index (χ1) is 9.67. The maximum absolute atomic E-state index is 4.37. The zero-order valence-electron chi connectivity index (χ0n) is 12.8. The first-order valence-corrected chi connectivity index (χ1v) is 7.29. The Labute approximate surface area is 121 Å². The summed E-state index contributed by atoms with van der Waals surface area (Å²) in [5, 5.41) is 12.1. The molecule has 1 aromatic carbocycles. The lowest BCUT2D eigenvalue weighted by atomic mass is 9.93. The van der Waals surface area contributed by atoms with Crippen LogP contribution in [-0.4, -0.2) is 16.7 Å². The molecule has 0 radical (unpaired) electrons. The number of hydrogen-bond donors (Lipinski definition) is 1. The maximum Gasteiger partial charge on any atom is 0.0679 e. The van der Waals surface area contributed by atoms with E-state index in [1.165, 1.54) is 16.7 Å². The second-order valence-corrected chi connectivity index (χ2v) is 5.09. The maximum atomic E-state index is 4.37. The zero-order chi connectivity index (χ0) is 14.5. The highest BCUT2D eigenvalue weighted by atomic mass is 15.1. The van der Waals surface area contributed by atoms with Gasteiger partial charge in [-0.3, -0.25) is 0 Å². The van der Waals surface area contributed by atoms with E-state index in [-0.39, 0.29) is 6.04 Å². The van der Waals surface area contributed by atoms with E-state index in [1.807, 2.05) is 6.92 Å². The summed E-state index contributed by atoms with van der Waals surface area (Å²) >= 11 is 0. The van der Waals surface area contributed by atoms with Crippen molar-refractivity contribution >= 4 is 0 Å². The topological polar surface area (TPSA) is 37.8 Å². The van der Waals surface area contributed by atoms with Gasteiger partial charge in [-0.05, 0) is 49.6 Å². The molecule has 0 amide bonds. The minimum atomic E-state index is 0.186. The van der Waals surface area contributed by atoms with Crippen LogP contribution < -0.4 is 5.32 Å². The highest BCUT2D eigenvalue weighted by Crippen LogP contribution is 2.27. The molecule has 2 rings (SSSR count). The Kier molecular flexibility index (Phi) is 4.85. The van der Waals surface area contributed by atoms with Gasteiger partial charge in [0.1, 0.15) is 0 Å². The molecule has 3 nitrogen and oxygen atoms in total. The van der Waals surface area contributed by atoms with Gasteiger partial charge < -0.3 is 5.32 Å². The lowest BCUT2D eigenvalue weighted by Crippen LogP contribution is -2.24. The van der Waals surface area contributed by atoms with Crippen LogP contribution in [0.3, 0.4) is 0 Å². The molecule has 0 aliphatic heterocycles. The van der Waals surface area contributed by atoms with Crippen molar-refractivity contribution in [2.24, 2.45) is 0 Å². The average molecular weight is 269 g/mol. The second kappa shape index (κ2) is 6.62. The van der Waals surface area contributed by atoms with Crippen molar-refractivity contribution in [2.75, 3.05) is 6.54 Å². The van der Waals surface area contributed by atoms with E-state index in [0.29, 0.717) is 0 Å². The Morgan fingerprint density at radius 2 is 1.80 bits per heavy atom. The van der Waals surface area contributed by atoms with E-state index < -0.39 is 0 Å². The number of nitrogens with zero attached hydrogens (tertiary/aromatic N) is 2. The Hall–Kier alpha value is -1.74. The summed E-state index contributed by atoms with van der Waals surface area (Å²) in [6, 6.07) is 10.9. The number of aromatic nitrogens is 2. The number of hydrogen-bond acceptors (Lipinski definition) is 3. The van der Waals surface area contributed by atoms with Gasteiger partial charge in [-0.2, -0.15) is 10.2 Å². The number of nitrogens with one attached hydrogen (secondary N) is 1. The summed E-state index contributed by atoms with van der Waals surface area (Å²) in [5.41, 5.74) is 5.90. The Morgan fingerprint density at radius 3 is 2.45 bits per heavy atom. The summed E-state index contributed by atoms with van der Waals surface area (Å²) in [7, 11) is 0. The van der Waals surface area contributed by atoms with Crippen LogP contribution in [0.5, 0.6) is 0 Å². The van der Waals surface area contributed by atoms with Gasteiger partial charge >= 0.3 is 0 Å². The molecule has 1 heterocycles. The Balaban J connectivity index is 2.54. The van der Waals surface area contributed by atoms with Crippen molar-refractivity contribution in [3.05, 3.63) is 58.4 Å². The summed E-state index contributed by atoms with van der Waals surface area (Å²) in [6.07, 6.45) is 0.899. The van der Waals surface area contributed by atoms with E-state index in [0.717, 1.165) is 24.4 Å². The summed E-state index contributed by atoms with van der Waals surface area (Å²) < 4.78 is 0. The van der Waals surface area contributed by atoms with Crippen LogP contribution in [0.15, 0.2) is 30.3 Å². The van der Waals surface area contributed by atoms with E-state index in [1.54, 1.807) is 0 Å². The van der Waals surface area contributed by atoms with Gasteiger partial charge in [0.05, 0.1) is 17.4 Å². The fraction of sp³-hybridized carbons (Fsp3) is 0.412. The molecule has 0 aliphatic carbocycles. The predicted octanol–water partition coefficient (Wildman–Crippen LogP) is 3.35. The molecule has 106 valence electrons. The standard InChI is InChI=1S/C17H23N3/c1-5-16-15(11-13(4)19-20-16)17(18-6-2)14-10-8-7-9-12(14)3/h7-11,17-18H,5-6H2,1-4H3. The quantitative estimate of drug-likeness (QED) is 0.904. The average Bonchev–Trinajstić information content (AvgIpc) is 2.46. The molecule has 0 aliphatic rings. The molecule has 0 saturated heterocycles. The minimum absolute atomic E-state index is 0.186. The fourth-order valence-electron chi connectivity index (χ4n) is 2.56. The molecule has 0 spiro atoms. The molecule has 3 heteroatoms. The lowest BCUT2D eigenvalue weighted by molar-refractivity contribution is 0.614. The fourth-order valence-corrected chi connectivity index (χ4v) is 2.56. The third-order valence-corrected chi connectivity index (χ3v) is 3.58. The Morgan fingerprint density at radius 1 is 1.05 bits per heavy atom. The largest absolute Gasteiger partial charge is 0.306 e. The van der Waals surface area contributed by atoms with Gasteiger partial charge in [-0.15, -0.1) is 0 Å². The number of rotatable bonds is 5. The summed E-state index contributed by atoms with van der Waals surface area (Å²) in [6.45, 7) is 9.34. The molecule has 2 aromatic rings. The Bertz CT molecular complexity index is 578. The summed E-state index contributed by atoms with van der Waals surface area (Å²) in [4.78, 5) is 0. The zero-order valence-corrected chi connectivity index (χ0v) is 12.8. The molecule has 0 fully saturated rings. The normalized spacial score (nSPS) is 12.4. The minimum Gasteiger partial charge on any atom is -0.306 e. The van der Waals surface area contributed by atoms with Gasteiger partial charge in [0, 0.05) is 0 Å². The van der Waals surface area contributed by atoms with Crippen molar-refractivity contribution in [1.82, 2.24) is 15.5 Å². The molecule has 20 heavy (non-hydrogen) atoms. The van der Waals surface area contributed by atoms with Crippen LogP contribution in [0.2, 0.25) is 0 Å². The van der Waals surface area contributed by atoms with Crippen LogP contribution in [0, 0.1) is 13.8 Å². The molecular weight excluding hydrogens is 246 g/mol. The van der Waals surface area contributed by atoms with Crippen molar-refractivity contribution < 1.29 is 0 Å². The van der Waals surface area contributed by atoms with Crippen LogP contribution in [-0.2, 0) is 6.42 Å². The highest BCUT2D eigenvalue weighted by Gasteiger charge is 2.19. The molecule has 1 atom stereocenters. The molecule has 0 saturated carbocycles. The number of aryl methyl sites for hydroxylation is 3. The second-order valence-electron chi connectivity index (χ2n) is 5.09. The third-order valence-electron chi connectivity index (χ3n) is 3.58. The van der Waals surface area contributed by atoms with E-state index >= 15 is 0 Å². The number of benzene rings is 1. The van der Waals surface area contributed by atoms with Gasteiger partial charge in [-0.1, -0.05) is 38.1 Å². The lowest BCUT2D eigenvalue weighted by Gasteiger charge is -2.22. The van der Waals surface area contributed by atoms with Crippen molar-refractivity contribution in [1.29, 1.82) is 0 Å². The highest BCUT2D eigenvalue weighted by molar-refractivity contribution is 5.38. The van der Waals surface area contributed by atoms with Crippen molar-refractivity contribution in [3.8, 4) is 0 Å². The molecular formula is C17H23N3. The van der Waals surface area contributed by atoms with Crippen molar-refractivity contribution in [2.45, 2.75) is 40.2 Å². The van der Waals surface area contributed by atoms with Gasteiger partial charge in [0.2, 0.25) is 0 Å². The molecule has 1 N–H and O–H groups in total. The van der Waals surface area contributed by atoms with E-state index in [2.05, 4.69) is 66.6 Å². The molecule has 0 bridgehead atoms. The van der Waals surface area contributed by atoms with Crippen molar-refractivity contribution in [3.63, 3.8) is 0 Å². The molecule has 1 unspecified atom stereocenters. The van der Waals surface area contributed by atoms with Crippen LogP contribution in [0.25, 0.3) is 0 Å². The SMILES string of the molecule is CCNC(c1ccccc1C)c1cc(C)nnc1CC. The predicted molar refractivity (Wildman–Crippen MR) is 82.8 cm³/mol. The van der Waals surface area contributed by atoms with Gasteiger partial charge in [0.25, 0.3) is 0 Å². The smallest absolute Gasteiger partial charge is 0.0679 e. The first-order valence-electron chi connectivity index (χ1n) is 7.29. The molecule has 1 aromatic heterocycles. The van der Waals surface area contributed by atoms with Gasteiger partial charge in [0.15, 0.2) is 0 Å². The monoisotopic (exact) mass is 269 g/mol. The van der Waals surface area contributed by atoms with Crippen LogP contribution in [0.1, 0.15) is 48.0 Å². The van der Waals surface area contributed by atoms with Crippen LogP contribution in [0.4, 0.5) is 0 Å². The van der Waals surface area contributed by atoms with E-state index in [4.69, 9.17) is 0 Å². The summed E-state index contributed by atoms with van der Waals surface area (Å²) in [5.74, 6) is 0. The van der Waals surface area contributed by atoms with Gasteiger partial charge in [-0.25, -0.2) is 0 Å². The first kappa shape index (κ1) is 14.7. The van der Waals surface area contributed by atoms with E-state index in [9.17, 15) is 0 Å². The third kappa shape index (κ3) is 3.05.